The number of hydrogen-bond donors (Lipinski definition) is 0. The number of hydrogen-bond acceptors (Lipinski definition) is 6. The van der Waals surface area contributed by atoms with Crippen LogP contribution >= 0.6 is 0 Å². The first kappa shape index (κ1) is 17.0. The van der Waals surface area contributed by atoms with Crippen LogP contribution in [0.15, 0.2) is 47.0 Å². The summed E-state index contributed by atoms with van der Waals surface area (Å²) >= 11 is 0. The van der Waals surface area contributed by atoms with E-state index in [1.54, 1.807) is 0 Å². The first-order chi connectivity index (χ1) is 12.7. The van der Waals surface area contributed by atoms with Gasteiger partial charge in [0.15, 0.2) is 5.58 Å². The monoisotopic (exact) mass is 352 g/mol. The van der Waals surface area contributed by atoms with Gasteiger partial charge in [0.2, 0.25) is 5.89 Å². The molecule has 1 unspecified atom stereocenters. The minimum Gasteiger partial charge on any atom is -0.489 e. The van der Waals surface area contributed by atoms with Gasteiger partial charge >= 0.3 is 0 Å². The van der Waals surface area contributed by atoms with Crippen LogP contribution in [0.25, 0.3) is 11.1 Å². The summed E-state index contributed by atoms with van der Waals surface area (Å²) in [7, 11) is 4.08. The predicted octanol–water partition coefficient (Wildman–Crippen LogP) is 2.94. The Morgan fingerprint density at radius 1 is 1.27 bits per heavy atom. The molecule has 0 aliphatic carbocycles. The Balaban J connectivity index is 1.35. The van der Waals surface area contributed by atoms with Crippen LogP contribution < -0.4 is 4.74 Å². The van der Waals surface area contributed by atoms with E-state index >= 15 is 0 Å². The van der Waals surface area contributed by atoms with E-state index < -0.39 is 0 Å². The molecule has 0 N–H and O–H groups in total. The SMILES string of the molecule is CN(C)Cc1cc(OC2CCN(Cc3nc4ccccc4o3)C2)ccn1. The summed E-state index contributed by atoms with van der Waals surface area (Å²) in [5, 5.41) is 0. The van der Waals surface area contributed by atoms with E-state index in [1.807, 2.05) is 56.7 Å². The van der Waals surface area contributed by atoms with Crippen LogP contribution in [-0.2, 0) is 13.1 Å². The summed E-state index contributed by atoms with van der Waals surface area (Å²) in [6, 6.07) is 11.8. The largest absolute Gasteiger partial charge is 0.489 e. The van der Waals surface area contributed by atoms with Crippen molar-refractivity contribution >= 4 is 11.1 Å². The standard InChI is InChI=1S/C20H24N4O2/c1-23(2)12-15-11-16(7-9-21-15)25-17-8-10-24(13-17)14-20-22-18-5-3-4-6-19(18)26-20/h3-7,9,11,17H,8,10,12-14H2,1-2H3. The number of rotatable bonds is 6. The molecule has 0 radical (unpaired) electrons. The molecule has 1 saturated heterocycles. The molecular weight excluding hydrogens is 328 g/mol. The van der Waals surface area contributed by atoms with Gasteiger partial charge in [0.05, 0.1) is 12.2 Å². The zero-order valence-electron chi connectivity index (χ0n) is 15.3. The fraction of sp³-hybridized carbons (Fsp3) is 0.400. The number of oxazole rings is 1. The van der Waals surface area contributed by atoms with Gasteiger partial charge in [-0.2, -0.15) is 0 Å². The van der Waals surface area contributed by atoms with Crippen LogP contribution in [0.4, 0.5) is 0 Å². The van der Waals surface area contributed by atoms with Crippen LogP contribution in [0.1, 0.15) is 18.0 Å². The number of nitrogens with zero attached hydrogens (tertiary/aromatic N) is 4. The van der Waals surface area contributed by atoms with Crippen molar-refractivity contribution < 1.29 is 9.15 Å². The third-order valence-corrected chi connectivity index (χ3v) is 4.50. The summed E-state index contributed by atoms with van der Waals surface area (Å²) in [5.41, 5.74) is 2.79. The molecule has 6 nitrogen and oxygen atoms in total. The van der Waals surface area contributed by atoms with E-state index in [0.717, 1.165) is 61.0 Å². The molecule has 0 spiro atoms. The van der Waals surface area contributed by atoms with Gasteiger partial charge in [-0.3, -0.25) is 9.88 Å². The fourth-order valence-electron chi connectivity index (χ4n) is 3.35. The maximum absolute atomic E-state index is 6.17. The van der Waals surface area contributed by atoms with Gasteiger partial charge in [0.1, 0.15) is 17.4 Å². The zero-order chi connectivity index (χ0) is 17.9. The highest BCUT2D eigenvalue weighted by Gasteiger charge is 2.25. The van der Waals surface area contributed by atoms with Crippen molar-refractivity contribution in [2.45, 2.75) is 25.6 Å². The van der Waals surface area contributed by atoms with Gasteiger partial charge in [-0.05, 0) is 38.7 Å². The lowest BCUT2D eigenvalue weighted by Gasteiger charge is -2.16. The smallest absolute Gasteiger partial charge is 0.209 e. The van der Waals surface area contributed by atoms with Gasteiger partial charge in [0.25, 0.3) is 0 Å². The van der Waals surface area contributed by atoms with E-state index in [9.17, 15) is 0 Å². The van der Waals surface area contributed by atoms with Gasteiger partial charge in [-0.15, -0.1) is 0 Å². The first-order valence-corrected chi connectivity index (χ1v) is 8.99. The summed E-state index contributed by atoms with van der Waals surface area (Å²) < 4.78 is 12.0. The Morgan fingerprint density at radius 3 is 3.00 bits per heavy atom. The van der Waals surface area contributed by atoms with Crippen LogP contribution in [0.2, 0.25) is 0 Å². The lowest BCUT2D eigenvalue weighted by molar-refractivity contribution is 0.193. The van der Waals surface area contributed by atoms with Crippen molar-refractivity contribution in [2.24, 2.45) is 0 Å². The van der Waals surface area contributed by atoms with E-state index in [4.69, 9.17) is 9.15 Å². The highest BCUT2D eigenvalue weighted by Crippen LogP contribution is 2.22. The van der Waals surface area contributed by atoms with Crippen LogP contribution in [-0.4, -0.2) is 53.1 Å². The van der Waals surface area contributed by atoms with E-state index in [1.165, 1.54) is 0 Å². The molecule has 2 aromatic heterocycles. The summed E-state index contributed by atoms with van der Waals surface area (Å²) in [6.07, 6.45) is 3.01. The Morgan fingerprint density at radius 2 is 2.15 bits per heavy atom. The third kappa shape index (κ3) is 4.03. The van der Waals surface area contributed by atoms with Gasteiger partial charge < -0.3 is 14.1 Å². The minimum atomic E-state index is 0.189. The van der Waals surface area contributed by atoms with E-state index in [2.05, 4.69) is 19.8 Å². The molecule has 1 aromatic carbocycles. The second-order valence-electron chi connectivity index (χ2n) is 7.06. The number of para-hydroxylation sites is 2. The molecule has 4 rings (SSSR count). The predicted molar refractivity (Wildman–Crippen MR) is 99.9 cm³/mol. The Hall–Kier alpha value is -2.44. The maximum atomic E-state index is 6.17. The quantitative estimate of drug-likeness (QED) is 0.680. The number of ether oxygens (including phenoxy) is 1. The van der Waals surface area contributed by atoms with Gasteiger partial charge in [-0.25, -0.2) is 4.98 Å². The Bertz CT molecular complexity index is 844. The van der Waals surface area contributed by atoms with Gasteiger partial charge in [-0.1, -0.05) is 12.1 Å². The molecule has 3 aromatic rings. The topological polar surface area (TPSA) is 54.6 Å². The second kappa shape index (κ2) is 7.43. The number of benzene rings is 1. The lowest BCUT2D eigenvalue weighted by Crippen LogP contribution is -2.24. The van der Waals surface area contributed by atoms with Crippen molar-refractivity contribution in [3.8, 4) is 5.75 Å². The van der Waals surface area contributed by atoms with Crippen molar-refractivity contribution in [2.75, 3.05) is 27.2 Å². The molecule has 6 heteroatoms. The molecule has 1 atom stereocenters. The van der Waals surface area contributed by atoms with E-state index in [0.29, 0.717) is 0 Å². The minimum absolute atomic E-state index is 0.189. The number of likely N-dealkylation sites (tertiary alicyclic amines) is 1. The first-order valence-electron chi connectivity index (χ1n) is 8.99. The zero-order valence-corrected chi connectivity index (χ0v) is 15.3. The summed E-state index contributed by atoms with van der Waals surface area (Å²) in [4.78, 5) is 13.4. The molecule has 0 bridgehead atoms. The molecule has 0 amide bonds. The van der Waals surface area contributed by atoms with Crippen LogP contribution in [0.3, 0.4) is 0 Å². The normalized spacial score (nSPS) is 18.0. The number of pyridine rings is 1. The number of aromatic nitrogens is 2. The van der Waals surface area contributed by atoms with Crippen molar-refractivity contribution in [1.82, 2.24) is 19.8 Å². The molecular formula is C20H24N4O2. The summed E-state index contributed by atoms with van der Waals surface area (Å²) in [6.45, 7) is 3.39. The van der Waals surface area contributed by atoms with Crippen molar-refractivity contribution in [3.05, 3.63) is 54.2 Å². The number of fused-ring (bicyclic) bond motifs is 1. The molecule has 136 valence electrons. The maximum Gasteiger partial charge on any atom is 0.209 e. The molecule has 26 heavy (non-hydrogen) atoms. The molecule has 1 fully saturated rings. The van der Waals surface area contributed by atoms with Gasteiger partial charge in [0, 0.05) is 31.9 Å². The van der Waals surface area contributed by atoms with Crippen LogP contribution in [0, 0.1) is 0 Å². The summed E-state index contributed by atoms with van der Waals surface area (Å²) in [5.74, 6) is 1.66. The average Bonchev–Trinajstić information content (AvgIpc) is 3.21. The highest BCUT2D eigenvalue weighted by molar-refractivity contribution is 5.72. The lowest BCUT2D eigenvalue weighted by atomic mass is 10.3. The van der Waals surface area contributed by atoms with E-state index in [-0.39, 0.29) is 6.10 Å². The van der Waals surface area contributed by atoms with Crippen molar-refractivity contribution in [3.63, 3.8) is 0 Å². The highest BCUT2D eigenvalue weighted by atomic mass is 16.5. The molecule has 0 saturated carbocycles. The van der Waals surface area contributed by atoms with Crippen molar-refractivity contribution in [1.29, 1.82) is 0 Å². The molecule has 1 aliphatic rings. The fourth-order valence-corrected chi connectivity index (χ4v) is 3.35. The molecule has 3 heterocycles. The average molecular weight is 352 g/mol. The molecule has 1 aliphatic heterocycles. The third-order valence-electron chi connectivity index (χ3n) is 4.50. The Labute approximate surface area is 153 Å². The second-order valence-corrected chi connectivity index (χ2v) is 7.06. The Kier molecular flexibility index (Phi) is 4.86. The van der Waals surface area contributed by atoms with Crippen LogP contribution in [0.5, 0.6) is 5.75 Å².